The van der Waals surface area contributed by atoms with Crippen molar-refractivity contribution in [3.8, 4) is 0 Å². The molecule has 0 saturated carbocycles. The smallest absolute Gasteiger partial charge is 0.211 e. The Balaban J connectivity index is 4.32. The third-order valence-corrected chi connectivity index (χ3v) is 4.02. The molecule has 17 heavy (non-hydrogen) atoms. The predicted molar refractivity (Wildman–Crippen MR) is 67.8 cm³/mol. The van der Waals surface area contributed by atoms with Crippen molar-refractivity contribution >= 4 is 20.0 Å². The Morgan fingerprint density at radius 1 is 0.941 bits per heavy atom. The van der Waals surface area contributed by atoms with Gasteiger partial charge in [0, 0.05) is 26.2 Å². The van der Waals surface area contributed by atoms with Crippen molar-refractivity contribution in [3.63, 3.8) is 0 Å². The molecule has 0 aromatic rings. The van der Waals surface area contributed by atoms with E-state index in [1.165, 1.54) is 4.31 Å². The van der Waals surface area contributed by atoms with Gasteiger partial charge in [-0.3, -0.25) is 0 Å². The highest BCUT2D eigenvalue weighted by molar-refractivity contribution is 7.88. The SMILES string of the molecule is CN(C)CCN(CCNS(C)(=O)=O)S(C)(=O)=O. The van der Waals surface area contributed by atoms with Crippen molar-refractivity contribution < 1.29 is 16.8 Å². The summed E-state index contributed by atoms with van der Waals surface area (Å²) in [7, 11) is -2.90. The molecule has 1 N–H and O–H groups in total. The van der Waals surface area contributed by atoms with E-state index in [1.807, 2.05) is 19.0 Å². The summed E-state index contributed by atoms with van der Waals surface area (Å²) in [6.07, 6.45) is 2.15. The lowest BCUT2D eigenvalue weighted by atomic mass is 10.5. The van der Waals surface area contributed by atoms with E-state index >= 15 is 0 Å². The summed E-state index contributed by atoms with van der Waals surface area (Å²) in [6, 6.07) is 0. The number of hydrogen-bond donors (Lipinski definition) is 1. The van der Waals surface area contributed by atoms with Crippen LogP contribution >= 0.6 is 0 Å². The van der Waals surface area contributed by atoms with Crippen LogP contribution in [0.25, 0.3) is 0 Å². The lowest BCUT2D eigenvalue weighted by molar-refractivity contribution is 0.336. The minimum Gasteiger partial charge on any atom is -0.308 e. The maximum absolute atomic E-state index is 11.4. The molecule has 0 fully saturated rings. The molecule has 0 saturated heterocycles. The molecule has 0 spiro atoms. The van der Waals surface area contributed by atoms with Crippen LogP contribution in [0.1, 0.15) is 0 Å². The summed E-state index contributed by atoms with van der Waals surface area (Å²) in [5.41, 5.74) is 0. The van der Waals surface area contributed by atoms with Gasteiger partial charge < -0.3 is 4.90 Å². The summed E-state index contributed by atoms with van der Waals surface area (Å²) < 4.78 is 48.1. The van der Waals surface area contributed by atoms with Crippen molar-refractivity contribution in [2.24, 2.45) is 0 Å². The van der Waals surface area contributed by atoms with Gasteiger partial charge in [0.15, 0.2) is 0 Å². The van der Waals surface area contributed by atoms with E-state index in [9.17, 15) is 16.8 Å². The third-order valence-electron chi connectivity index (χ3n) is 1.99. The van der Waals surface area contributed by atoms with Gasteiger partial charge in [0.25, 0.3) is 0 Å². The minimum absolute atomic E-state index is 0.0827. The Hall–Kier alpha value is -0.220. The standard InChI is InChI=1S/C8H21N3O4S2/c1-10(2)7-8-11(17(4,14)15)6-5-9-16(3,12)13/h9H,5-8H2,1-4H3. The van der Waals surface area contributed by atoms with E-state index in [0.717, 1.165) is 12.5 Å². The second-order valence-corrected chi connectivity index (χ2v) is 7.95. The molecule has 0 bridgehead atoms. The fourth-order valence-corrected chi connectivity index (χ4v) is 2.41. The molecule has 0 rings (SSSR count). The first-order valence-electron chi connectivity index (χ1n) is 5.07. The molecule has 7 nitrogen and oxygen atoms in total. The van der Waals surface area contributed by atoms with Crippen LogP contribution in [0.3, 0.4) is 0 Å². The number of nitrogens with one attached hydrogen (secondary N) is 1. The Labute approximate surface area is 104 Å². The number of likely N-dealkylation sites (N-methyl/N-ethyl adjacent to an activating group) is 1. The van der Waals surface area contributed by atoms with Crippen molar-refractivity contribution in [1.29, 1.82) is 0 Å². The monoisotopic (exact) mass is 287 g/mol. The zero-order valence-electron chi connectivity index (χ0n) is 10.7. The van der Waals surface area contributed by atoms with Crippen LogP contribution in [0.15, 0.2) is 0 Å². The van der Waals surface area contributed by atoms with Gasteiger partial charge >= 0.3 is 0 Å². The lowest BCUT2D eigenvalue weighted by Crippen LogP contribution is -2.41. The lowest BCUT2D eigenvalue weighted by Gasteiger charge is -2.21. The highest BCUT2D eigenvalue weighted by Crippen LogP contribution is 1.97. The average Bonchev–Trinajstić information content (AvgIpc) is 2.06. The van der Waals surface area contributed by atoms with E-state index in [1.54, 1.807) is 0 Å². The summed E-state index contributed by atoms with van der Waals surface area (Å²) in [5, 5.41) is 0. The average molecular weight is 287 g/mol. The molecule has 0 aromatic heterocycles. The normalized spacial score (nSPS) is 13.5. The van der Waals surface area contributed by atoms with Gasteiger partial charge in [-0.25, -0.2) is 21.6 Å². The molecular weight excluding hydrogens is 266 g/mol. The van der Waals surface area contributed by atoms with Gasteiger partial charge in [-0.2, -0.15) is 4.31 Å². The number of hydrogen-bond acceptors (Lipinski definition) is 5. The van der Waals surface area contributed by atoms with Crippen molar-refractivity contribution in [2.45, 2.75) is 0 Å². The fourth-order valence-electron chi connectivity index (χ4n) is 1.11. The predicted octanol–water partition coefficient (Wildman–Crippen LogP) is -1.64. The molecule has 0 aromatic carbocycles. The summed E-state index contributed by atoms with van der Waals surface area (Å²) in [5.74, 6) is 0. The first-order valence-corrected chi connectivity index (χ1v) is 8.81. The van der Waals surface area contributed by atoms with Crippen molar-refractivity contribution in [3.05, 3.63) is 0 Å². The second-order valence-electron chi connectivity index (χ2n) is 4.13. The van der Waals surface area contributed by atoms with E-state index in [-0.39, 0.29) is 13.1 Å². The Morgan fingerprint density at radius 2 is 1.47 bits per heavy atom. The van der Waals surface area contributed by atoms with Crippen molar-refractivity contribution in [2.75, 3.05) is 52.8 Å². The quantitative estimate of drug-likeness (QED) is 0.578. The van der Waals surface area contributed by atoms with Crippen LogP contribution in [-0.2, 0) is 20.0 Å². The molecule has 0 unspecified atom stereocenters. The number of nitrogens with zero attached hydrogens (tertiary/aromatic N) is 2. The third kappa shape index (κ3) is 9.48. The summed E-state index contributed by atoms with van der Waals surface area (Å²) in [6.45, 7) is 1.16. The number of rotatable bonds is 8. The first-order chi connectivity index (χ1) is 7.52. The Bertz CT molecular complexity index is 416. The van der Waals surface area contributed by atoms with E-state index < -0.39 is 20.0 Å². The first kappa shape index (κ1) is 16.8. The number of sulfonamides is 2. The van der Waals surface area contributed by atoms with Crippen LogP contribution in [0.5, 0.6) is 0 Å². The van der Waals surface area contributed by atoms with Crippen molar-refractivity contribution in [1.82, 2.24) is 13.9 Å². The molecule has 0 heterocycles. The molecular formula is C8H21N3O4S2. The highest BCUT2D eigenvalue weighted by Gasteiger charge is 2.16. The molecule has 9 heteroatoms. The van der Waals surface area contributed by atoms with Gasteiger partial charge in [0.2, 0.25) is 20.0 Å². The summed E-state index contributed by atoms with van der Waals surface area (Å²) in [4.78, 5) is 1.86. The molecule has 104 valence electrons. The maximum atomic E-state index is 11.4. The Kier molecular flexibility index (Phi) is 6.56. The van der Waals surface area contributed by atoms with Crippen LogP contribution in [0.2, 0.25) is 0 Å². The molecule has 0 aliphatic carbocycles. The highest BCUT2D eigenvalue weighted by atomic mass is 32.2. The molecule has 0 aliphatic heterocycles. The fraction of sp³-hybridized carbons (Fsp3) is 1.00. The Morgan fingerprint density at radius 3 is 1.82 bits per heavy atom. The molecule has 0 aliphatic rings. The van der Waals surface area contributed by atoms with E-state index in [4.69, 9.17) is 0 Å². The zero-order valence-corrected chi connectivity index (χ0v) is 12.3. The largest absolute Gasteiger partial charge is 0.308 e. The van der Waals surface area contributed by atoms with Crippen LogP contribution in [0.4, 0.5) is 0 Å². The zero-order chi connectivity index (χ0) is 13.7. The van der Waals surface area contributed by atoms with E-state index in [0.29, 0.717) is 13.1 Å². The van der Waals surface area contributed by atoms with Crippen LogP contribution in [-0.4, -0.2) is 78.8 Å². The minimum atomic E-state index is -3.31. The van der Waals surface area contributed by atoms with Gasteiger partial charge in [-0.15, -0.1) is 0 Å². The molecule has 0 atom stereocenters. The molecule has 0 amide bonds. The topological polar surface area (TPSA) is 86.8 Å². The van der Waals surface area contributed by atoms with Gasteiger partial charge in [0.1, 0.15) is 0 Å². The van der Waals surface area contributed by atoms with Crippen LogP contribution < -0.4 is 4.72 Å². The van der Waals surface area contributed by atoms with E-state index in [2.05, 4.69) is 4.72 Å². The van der Waals surface area contributed by atoms with Crippen LogP contribution in [0, 0.1) is 0 Å². The van der Waals surface area contributed by atoms with Gasteiger partial charge in [-0.05, 0) is 14.1 Å². The van der Waals surface area contributed by atoms with Gasteiger partial charge in [-0.1, -0.05) is 0 Å². The maximum Gasteiger partial charge on any atom is 0.211 e. The van der Waals surface area contributed by atoms with Gasteiger partial charge in [0.05, 0.1) is 12.5 Å². The summed E-state index contributed by atoms with van der Waals surface area (Å²) >= 11 is 0. The molecule has 0 radical (unpaired) electrons. The second kappa shape index (κ2) is 6.64.